The van der Waals surface area contributed by atoms with Gasteiger partial charge in [-0.2, -0.15) is 0 Å². The molecular weight excluding hydrogens is 194 g/mol. The lowest BCUT2D eigenvalue weighted by Gasteiger charge is -2.16. The number of hydrogen-bond acceptors (Lipinski definition) is 1. The van der Waals surface area contributed by atoms with Gasteiger partial charge in [-0.05, 0) is 55.5 Å². The van der Waals surface area contributed by atoms with Gasteiger partial charge in [-0.3, -0.25) is 0 Å². The van der Waals surface area contributed by atoms with Gasteiger partial charge in [-0.25, -0.2) is 0 Å². The molecule has 1 aliphatic rings. The lowest BCUT2D eigenvalue weighted by atomic mass is 9.90. The molecule has 1 unspecified atom stereocenters. The molecular formula is C12H16ClN. The second-order valence-corrected chi connectivity index (χ2v) is 4.50. The van der Waals surface area contributed by atoms with E-state index in [4.69, 9.17) is 11.6 Å². The Bertz CT molecular complexity index is 340. The van der Waals surface area contributed by atoms with Gasteiger partial charge in [-0.1, -0.05) is 17.7 Å². The second kappa shape index (κ2) is 3.92. The molecule has 1 fully saturated rings. The van der Waals surface area contributed by atoms with Crippen molar-refractivity contribution in [1.82, 2.24) is 5.32 Å². The van der Waals surface area contributed by atoms with Crippen LogP contribution in [0.5, 0.6) is 0 Å². The Labute approximate surface area is 90.5 Å². The molecule has 1 aromatic carbocycles. The summed E-state index contributed by atoms with van der Waals surface area (Å²) in [7, 11) is 0. The zero-order valence-electron chi connectivity index (χ0n) is 8.73. The van der Waals surface area contributed by atoms with Crippen LogP contribution in [0.1, 0.15) is 29.0 Å². The van der Waals surface area contributed by atoms with Crippen molar-refractivity contribution in [2.45, 2.75) is 26.2 Å². The molecule has 0 aromatic heterocycles. The van der Waals surface area contributed by atoms with E-state index in [1.807, 2.05) is 6.07 Å². The maximum atomic E-state index is 6.14. The predicted octanol–water partition coefficient (Wildman–Crippen LogP) is 3.03. The molecule has 14 heavy (non-hydrogen) atoms. The summed E-state index contributed by atoms with van der Waals surface area (Å²) in [4.78, 5) is 0. The van der Waals surface area contributed by atoms with Gasteiger partial charge in [0.25, 0.3) is 0 Å². The number of benzene rings is 1. The van der Waals surface area contributed by atoms with Gasteiger partial charge in [-0.15, -0.1) is 0 Å². The summed E-state index contributed by atoms with van der Waals surface area (Å²) in [5.41, 5.74) is 4.10. The molecule has 0 spiro atoms. The third-order valence-electron chi connectivity index (χ3n) is 3.14. The summed E-state index contributed by atoms with van der Waals surface area (Å²) < 4.78 is 0. The molecule has 1 atom stereocenters. The van der Waals surface area contributed by atoms with E-state index < -0.39 is 0 Å². The highest BCUT2D eigenvalue weighted by molar-refractivity contribution is 6.31. The Morgan fingerprint density at radius 3 is 2.79 bits per heavy atom. The molecule has 1 N–H and O–H groups in total. The van der Waals surface area contributed by atoms with Crippen LogP contribution >= 0.6 is 11.6 Å². The number of aryl methyl sites for hydroxylation is 1. The number of hydrogen-bond donors (Lipinski definition) is 1. The zero-order valence-corrected chi connectivity index (χ0v) is 9.49. The van der Waals surface area contributed by atoms with Gasteiger partial charge in [0.1, 0.15) is 0 Å². The van der Waals surface area contributed by atoms with Crippen LogP contribution in [-0.2, 0) is 0 Å². The second-order valence-electron chi connectivity index (χ2n) is 4.09. The number of rotatable bonds is 1. The molecule has 1 aromatic rings. The van der Waals surface area contributed by atoms with E-state index in [9.17, 15) is 0 Å². The first kappa shape index (κ1) is 10.0. The summed E-state index contributed by atoms with van der Waals surface area (Å²) >= 11 is 6.14. The first-order chi connectivity index (χ1) is 6.70. The highest BCUT2D eigenvalue weighted by Crippen LogP contribution is 2.31. The van der Waals surface area contributed by atoms with E-state index in [0.717, 1.165) is 18.1 Å². The normalized spacial score (nSPS) is 21.5. The first-order valence-corrected chi connectivity index (χ1v) is 5.54. The Hall–Kier alpha value is -0.530. The minimum Gasteiger partial charge on any atom is -0.316 e. The third kappa shape index (κ3) is 1.67. The fraction of sp³-hybridized carbons (Fsp3) is 0.500. The SMILES string of the molecule is Cc1ccc(Cl)c(C)c1C1CCNC1. The lowest BCUT2D eigenvalue weighted by molar-refractivity contribution is 0.751. The van der Waals surface area contributed by atoms with Crippen molar-refractivity contribution in [2.75, 3.05) is 13.1 Å². The van der Waals surface area contributed by atoms with Crippen LogP contribution in [0.3, 0.4) is 0 Å². The molecule has 1 heterocycles. The van der Waals surface area contributed by atoms with Gasteiger partial charge < -0.3 is 5.32 Å². The van der Waals surface area contributed by atoms with E-state index in [1.165, 1.54) is 23.1 Å². The molecule has 2 rings (SSSR count). The van der Waals surface area contributed by atoms with Crippen LogP contribution in [0, 0.1) is 13.8 Å². The predicted molar refractivity (Wildman–Crippen MR) is 61.2 cm³/mol. The Morgan fingerprint density at radius 2 is 2.14 bits per heavy atom. The maximum absolute atomic E-state index is 6.14. The quantitative estimate of drug-likeness (QED) is 0.750. The Balaban J connectivity index is 2.44. The Morgan fingerprint density at radius 1 is 1.36 bits per heavy atom. The van der Waals surface area contributed by atoms with Crippen molar-refractivity contribution >= 4 is 11.6 Å². The summed E-state index contributed by atoms with van der Waals surface area (Å²) in [6.07, 6.45) is 1.24. The molecule has 1 aliphatic heterocycles. The molecule has 0 amide bonds. The van der Waals surface area contributed by atoms with Crippen LogP contribution in [0.2, 0.25) is 5.02 Å². The summed E-state index contributed by atoms with van der Waals surface area (Å²) in [5, 5.41) is 4.30. The highest BCUT2D eigenvalue weighted by atomic mass is 35.5. The largest absolute Gasteiger partial charge is 0.316 e. The van der Waals surface area contributed by atoms with E-state index >= 15 is 0 Å². The van der Waals surface area contributed by atoms with E-state index in [0.29, 0.717) is 5.92 Å². The molecule has 0 aliphatic carbocycles. The molecule has 0 saturated carbocycles. The fourth-order valence-corrected chi connectivity index (χ4v) is 2.53. The standard InChI is InChI=1S/C12H16ClN/c1-8-3-4-11(13)9(2)12(8)10-5-6-14-7-10/h3-4,10,14H,5-7H2,1-2H3. The van der Waals surface area contributed by atoms with Crippen LogP contribution in [0.15, 0.2) is 12.1 Å². The number of nitrogens with one attached hydrogen (secondary N) is 1. The van der Waals surface area contributed by atoms with Gasteiger partial charge in [0, 0.05) is 11.6 Å². The van der Waals surface area contributed by atoms with E-state index in [-0.39, 0.29) is 0 Å². The minimum absolute atomic E-state index is 0.661. The van der Waals surface area contributed by atoms with Crippen LogP contribution in [-0.4, -0.2) is 13.1 Å². The van der Waals surface area contributed by atoms with Crippen molar-refractivity contribution in [2.24, 2.45) is 0 Å². The minimum atomic E-state index is 0.661. The van der Waals surface area contributed by atoms with Crippen LogP contribution in [0.25, 0.3) is 0 Å². The third-order valence-corrected chi connectivity index (χ3v) is 3.54. The monoisotopic (exact) mass is 209 g/mol. The molecule has 76 valence electrons. The topological polar surface area (TPSA) is 12.0 Å². The van der Waals surface area contributed by atoms with Crippen molar-refractivity contribution < 1.29 is 0 Å². The molecule has 1 saturated heterocycles. The average molecular weight is 210 g/mol. The van der Waals surface area contributed by atoms with E-state index in [2.05, 4.69) is 25.2 Å². The van der Waals surface area contributed by atoms with Crippen molar-refractivity contribution in [1.29, 1.82) is 0 Å². The van der Waals surface area contributed by atoms with Crippen molar-refractivity contribution in [3.8, 4) is 0 Å². The maximum Gasteiger partial charge on any atom is 0.0438 e. The molecule has 0 radical (unpaired) electrons. The first-order valence-electron chi connectivity index (χ1n) is 5.16. The average Bonchev–Trinajstić information content (AvgIpc) is 2.65. The smallest absolute Gasteiger partial charge is 0.0438 e. The fourth-order valence-electron chi connectivity index (χ4n) is 2.37. The van der Waals surface area contributed by atoms with Gasteiger partial charge in [0.05, 0.1) is 0 Å². The van der Waals surface area contributed by atoms with Crippen LogP contribution in [0.4, 0.5) is 0 Å². The van der Waals surface area contributed by atoms with Gasteiger partial charge >= 0.3 is 0 Å². The Kier molecular flexibility index (Phi) is 2.80. The molecule has 1 nitrogen and oxygen atoms in total. The lowest BCUT2D eigenvalue weighted by Crippen LogP contribution is -2.09. The van der Waals surface area contributed by atoms with Crippen molar-refractivity contribution in [3.05, 3.63) is 33.8 Å². The summed E-state index contributed by atoms with van der Waals surface area (Å²) in [6, 6.07) is 4.13. The van der Waals surface area contributed by atoms with E-state index in [1.54, 1.807) is 0 Å². The molecule has 2 heteroatoms. The zero-order chi connectivity index (χ0) is 10.1. The number of halogens is 1. The highest BCUT2D eigenvalue weighted by Gasteiger charge is 2.20. The summed E-state index contributed by atoms with van der Waals surface area (Å²) in [5.74, 6) is 0.661. The molecule has 0 bridgehead atoms. The van der Waals surface area contributed by atoms with Gasteiger partial charge in [0.15, 0.2) is 0 Å². The van der Waals surface area contributed by atoms with Gasteiger partial charge in [0.2, 0.25) is 0 Å². The summed E-state index contributed by atoms with van der Waals surface area (Å²) in [6.45, 7) is 6.54. The van der Waals surface area contributed by atoms with Crippen molar-refractivity contribution in [3.63, 3.8) is 0 Å². The van der Waals surface area contributed by atoms with Crippen LogP contribution < -0.4 is 5.32 Å².